The Labute approximate surface area is 175 Å². The van der Waals surface area contributed by atoms with Crippen LogP contribution < -0.4 is 16.2 Å². The van der Waals surface area contributed by atoms with Crippen LogP contribution in [0.4, 0.5) is 5.82 Å². The van der Waals surface area contributed by atoms with Crippen molar-refractivity contribution in [3.8, 4) is 0 Å². The molecule has 3 N–H and O–H groups in total. The maximum Gasteiger partial charge on any atom is 0.262 e. The Morgan fingerprint density at radius 1 is 1.14 bits per heavy atom. The Kier molecular flexibility index (Phi) is 6.28. The van der Waals surface area contributed by atoms with Gasteiger partial charge in [-0.1, -0.05) is 24.3 Å². The standard InChI is InChI=1S/C20H25N7OS/c1-13-7-5-6-8-17(13)12-26-10-9-18(25-26)21-20(29)23-22-19(28)16(4)27-15(3)11-14(2)24-27/h5-11,16H,12H2,1-4H3,(H,22,28)(H2,21,23,25,29). The average molecular weight is 412 g/mol. The van der Waals surface area contributed by atoms with E-state index in [1.54, 1.807) is 11.6 Å². The van der Waals surface area contributed by atoms with E-state index in [1.807, 2.05) is 49.0 Å². The monoisotopic (exact) mass is 411 g/mol. The molecule has 2 aromatic heterocycles. The molecule has 152 valence electrons. The van der Waals surface area contributed by atoms with Gasteiger partial charge in [-0.2, -0.15) is 10.2 Å². The quantitative estimate of drug-likeness (QED) is 0.442. The molecule has 9 heteroatoms. The molecule has 0 spiro atoms. The van der Waals surface area contributed by atoms with Gasteiger partial charge in [0.15, 0.2) is 10.9 Å². The van der Waals surface area contributed by atoms with Gasteiger partial charge in [-0.15, -0.1) is 0 Å². The van der Waals surface area contributed by atoms with Crippen molar-refractivity contribution in [3.05, 3.63) is 65.1 Å². The highest BCUT2D eigenvalue weighted by Crippen LogP contribution is 2.11. The van der Waals surface area contributed by atoms with Crippen LogP contribution in [-0.2, 0) is 11.3 Å². The number of carbonyl (C=O) groups is 1. The summed E-state index contributed by atoms with van der Waals surface area (Å²) in [6, 6.07) is 11.5. The van der Waals surface area contributed by atoms with E-state index >= 15 is 0 Å². The van der Waals surface area contributed by atoms with Gasteiger partial charge in [0.1, 0.15) is 6.04 Å². The fourth-order valence-corrected chi connectivity index (χ4v) is 3.15. The number of nitrogens with zero attached hydrogens (tertiary/aromatic N) is 4. The molecule has 29 heavy (non-hydrogen) atoms. The Hall–Kier alpha value is -3.20. The van der Waals surface area contributed by atoms with E-state index in [1.165, 1.54) is 11.1 Å². The molecule has 0 aliphatic carbocycles. The Bertz CT molecular complexity index is 1020. The zero-order chi connectivity index (χ0) is 21.0. The van der Waals surface area contributed by atoms with Gasteiger partial charge < -0.3 is 5.32 Å². The number of hydrazine groups is 1. The van der Waals surface area contributed by atoms with Crippen molar-refractivity contribution in [3.63, 3.8) is 0 Å². The number of rotatable bonds is 5. The van der Waals surface area contributed by atoms with Gasteiger partial charge in [-0.05, 0) is 57.1 Å². The summed E-state index contributed by atoms with van der Waals surface area (Å²) >= 11 is 5.24. The third kappa shape index (κ3) is 5.20. The van der Waals surface area contributed by atoms with Gasteiger partial charge in [0.2, 0.25) is 0 Å². The fourth-order valence-electron chi connectivity index (χ4n) is 3.00. The normalized spacial score (nSPS) is 11.7. The maximum absolute atomic E-state index is 12.4. The van der Waals surface area contributed by atoms with E-state index in [-0.39, 0.29) is 11.0 Å². The van der Waals surface area contributed by atoms with E-state index in [0.717, 1.165) is 11.4 Å². The van der Waals surface area contributed by atoms with Crippen LogP contribution in [0.2, 0.25) is 0 Å². The van der Waals surface area contributed by atoms with Gasteiger partial charge in [-0.3, -0.25) is 25.0 Å². The van der Waals surface area contributed by atoms with Crippen molar-refractivity contribution in [1.82, 2.24) is 30.4 Å². The second kappa shape index (κ2) is 8.87. The first-order chi connectivity index (χ1) is 13.8. The lowest BCUT2D eigenvalue weighted by Crippen LogP contribution is -2.46. The topological polar surface area (TPSA) is 88.8 Å². The van der Waals surface area contributed by atoms with Crippen LogP contribution in [0, 0.1) is 20.8 Å². The molecular formula is C20H25N7OS. The molecule has 0 radical (unpaired) electrons. The van der Waals surface area contributed by atoms with Crippen LogP contribution in [0.5, 0.6) is 0 Å². The summed E-state index contributed by atoms with van der Waals surface area (Å²) in [6.45, 7) is 8.33. The van der Waals surface area contributed by atoms with Crippen LogP contribution in [0.25, 0.3) is 0 Å². The van der Waals surface area contributed by atoms with Crippen LogP contribution in [0.3, 0.4) is 0 Å². The van der Waals surface area contributed by atoms with Gasteiger partial charge in [0, 0.05) is 18.0 Å². The Balaban J connectivity index is 1.51. The van der Waals surface area contributed by atoms with E-state index < -0.39 is 6.04 Å². The van der Waals surface area contributed by atoms with Crippen molar-refractivity contribution < 1.29 is 4.79 Å². The molecular weight excluding hydrogens is 386 g/mol. The van der Waals surface area contributed by atoms with Crippen molar-refractivity contribution in [2.24, 2.45) is 0 Å². The number of amides is 1. The minimum atomic E-state index is -0.465. The highest BCUT2D eigenvalue weighted by atomic mass is 32.1. The first-order valence-electron chi connectivity index (χ1n) is 9.31. The van der Waals surface area contributed by atoms with Gasteiger partial charge >= 0.3 is 0 Å². The summed E-state index contributed by atoms with van der Waals surface area (Å²) < 4.78 is 3.51. The molecule has 0 fully saturated rings. The van der Waals surface area contributed by atoms with E-state index in [0.29, 0.717) is 12.4 Å². The summed E-state index contributed by atoms with van der Waals surface area (Å²) in [6.07, 6.45) is 1.88. The highest BCUT2D eigenvalue weighted by molar-refractivity contribution is 7.80. The molecule has 3 rings (SSSR count). The van der Waals surface area contributed by atoms with Crippen molar-refractivity contribution in [1.29, 1.82) is 0 Å². The lowest BCUT2D eigenvalue weighted by molar-refractivity contribution is -0.124. The zero-order valence-electron chi connectivity index (χ0n) is 16.9. The number of thiocarbonyl (C=S) groups is 1. The van der Waals surface area contributed by atoms with E-state index in [2.05, 4.69) is 45.4 Å². The molecule has 0 aliphatic heterocycles. The summed E-state index contributed by atoms with van der Waals surface area (Å²) in [4.78, 5) is 12.4. The lowest BCUT2D eigenvalue weighted by Gasteiger charge is -2.16. The summed E-state index contributed by atoms with van der Waals surface area (Å²) in [7, 11) is 0. The number of aryl methyl sites for hydroxylation is 3. The second-order valence-corrected chi connectivity index (χ2v) is 7.35. The first kappa shape index (κ1) is 20.5. The number of carbonyl (C=O) groups excluding carboxylic acids is 1. The predicted molar refractivity (Wildman–Crippen MR) is 116 cm³/mol. The lowest BCUT2D eigenvalue weighted by atomic mass is 10.1. The third-order valence-electron chi connectivity index (χ3n) is 4.57. The predicted octanol–water partition coefficient (Wildman–Crippen LogP) is 2.63. The molecule has 1 atom stereocenters. The number of hydrogen-bond donors (Lipinski definition) is 3. The number of anilines is 1. The molecule has 1 unspecified atom stereocenters. The van der Waals surface area contributed by atoms with Crippen molar-refractivity contribution >= 4 is 29.1 Å². The molecule has 1 amide bonds. The Morgan fingerprint density at radius 3 is 2.59 bits per heavy atom. The molecule has 1 aromatic carbocycles. The van der Waals surface area contributed by atoms with Crippen molar-refractivity contribution in [2.75, 3.05) is 5.32 Å². The summed E-state index contributed by atoms with van der Waals surface area (Å²) in [5, 5.41) is 12.0. The molecule has 0 aliphatic rings. The smallest absolute Gasteiger partial charge is 0.262 e. The summed E-state index contributed by atoms with van der Waals surface area (Å²) in [5.74, 6) is 0.349. The number of aromatic nitrogens is 4. The number of hydrogen-bond acceptors (Lipinski definition) is 4. The second-order valence-electron chi connectivity index (χ2n) is 6.94. The third-order valence-corrected chi connectivity index (χ3v) is 4.77. The zero-order valence-corrected chi connectivity index (χ0v) is 17.7. The first-order valence-corrected chi connectivity index (χ1v) is 9.72. The van der Waals surface area contributed by atoms with Gasteiger partial charge in [0.05, 0.1) is 12.2 Å². The molecule has 3 aromatic rings. The summed E-state index contributed by atoms with van der Waals surface area (Å²) in [5.41, 5.74) is 9.52. The van der Waals surface area contributed by atoms with E-state index in [9.17, 15) is 4.79 Å². The van der Waals surface area contributed by atoms with Crippen molar-refractivity contribution in [2.45, 2.75) is 40.3 Å². The molecule has 2 heterocycles. The minimum absolute atomic E-state index is 0.245. The maximum atomic E-state index is 12.4. The van der Waals surface area contributed by atoms with Crippen LogP contribution in [-0.4, -0.2) is 30.6 Å². The molecule has 0 saturated heterocycles. The largest absolute Gasteiger partial charge is 0.315 e. The van der Waals surface area contributed by atoms with Gasteiger partial charge in [0.25, 0.3) is 5.91 Å². The van der Waals surface area contributed by atoms with Crippen LogP contribution >= 0.6 is 12.2 Å². The molecule has 8 nitrogen and oxygen atoms in total. The number of benzene rings is 1. The average Bonchev–Trinajstić information content (AvgIpc) is 3.26. The SMILES string of the molecule is Cc1cc(C)n(C(C)C(=O)NNC(=S)Nc2ccn(Cc3ccccc3C)n2)n1. The highest BCUT2D eigenvalue weighted by Gasteiger charge is 2.18. The van der Waals surface area contributed by atoms with Gasteiger partial charge in [-0.25, -0.2) is 0 Å². The molecule has 0 saturated carbocycles. The molecule has 0 bridgehead atoms. The fraction of sp³-hybridized carbons (Fsp3) is 0.300. The van der Waals surface area contributed by atoms with E-state index in [4.69, 9.17) is 12.2 Å². The number of nitrogens with one attached hydrogen (secondary N) is 3. The van der Waals surface area contributed by atoms with Crippen LogP contribution in [0.15, 0.2) is 42.6 Å². The van der Waals surface area contributed by atoms with Crippen LogP contribution in [0.1, 0.15) is 35.5 Å². The Morgan fingerprint density at radius 2 is 1.90 bits per heavy atom. The minimum Gasteiger partial charge on any atom is -0.315 e.